The Morgan fingerprint density at radius 2 is 1.73 bits per heavy atom. The van der Waals surface area contributed by atoms with Crippen molar-refractivity contribution in [3.05, 3.63) is 48.9 Å². The number of ether oxygens (including phenoxy) is 1. The molecule has 192 valence electrons. The second-order valence-corrected chi connectivity index (χ2v) is 11.2. The number of aryl methyl sites for hydroxylation is 1. The second kappa shape index (κ2) is 9.23. The lowest BCUT2D eigenvalue weighted by atomic mass is 9.79. The molecule has 0 bridgehead atoms. The third kappa shape index (κ3) is 5.04. The highest BCUT2D eigenvalue weighted by Crippen LogP contribution is 2.35. The summed E-state index contributed by atoms with van der Waals surface area (Å²) >= 11 is 0. The number of rotatable bonds is 6. The SMILES string of the molecule is CN(c1ncc(-c2ccc(-c3ccc4c(c3)ncn4C)cc2OC=O)nn1)C1CC(C)(C)NC(C)(C)C1. The molecule has 2 aromatic heterocycles. The number of benzene rings is 2. The van der Waals surface area contributed by atoms with Gasteiger partial charge in [-0.3, -0.25) is 4.79 Å². The van der Waals surface area contributed by atoms with E-state index in [2.05, 4.69) is 58.1 Å². The van der Waals surface area contributed by atoms with Gasteiger partial charge in [0, 0.05) is 36.8 Å². The lowest BCUT2D eigenvalue weighted by Crippen LogP contribution is -2.62. The Kier molecular flexibility index (Phi) is 6.19. The van der Waals surface area contributed by atoms with E-state index in [4.69, 9.17) is 4.74 Å². The first-order chi connectivity index (χ1) is 17.5. The molecular weight excluding hydrogens is 466 g/mol. The number of fused-ring (bicyclic) bond motifs is 1. The van der Waals surface area contributed by atoms with Crippen LogP contribution in [0.15, 0.2) is 48.9 Å². The Bertz CT molecular complexity index is 1430. The van der Waals surface area contributed by atoms with Crippen LogP contribution in [0.4, 0.5) is 5.95 Å². The van der Waals surface area contributed by atoms with Gasteiger partial charge in [0.2, 0.25) is 5.95 Å². The maximum atomic E-state index is 11.3. The number of anilines is 1. The quantitative estimate of drug-likeness (QED) is 0.391. The molecule has 9 heteroatoms. The van der Waals surface area contributed by atoms with Crippen LogP contribution in [0.3, 0.4) is 0 Å². The van der Waals surface area contributed by atoms with Gasteiger partial charge >= 0.3 is 0 Å². The Balaban J connectivity index is 1.42. The topological polar surface area (TPSA) is 98.1 Å². The van der Waals surface area contributed by atoms with Crippen molar-refractivity contribution in [3.63, 3.8) is 0 Å². The van der Waals surface area contributed by atoms with E-state index in [1.54, 1.807) is 12.5 Å². The molecule has 1 fully saturated rings. The number of hydrogen-bond donors (Lipinski definition) is 1. The third-order valence-electron chi connectivity index (χ3n) is 7.07. The molecule has 2 aromatic carbocycles. The summed E-state index contributed by atoms with van der Waals surface area (Å²) in [7, 11) is 3.98. The molecular formula is C28H33N7O2. The summed E-state index contributed by atoms with van der Waals surface area (Å²) in [4.78, 5) is 22.5. The number of carbonyl (C=O) groups is 1. The zero-order valence-corrected chi connectivity index (χ0v) is 22.2. The minimum Gasteiger partial charge on any atom is -0.428 e. The van der Waals surface area contributed by atoms with E-state index in [0.29, 0.717) is 29.4 Å². The predicted molar refractivity (Wildman–Crippen MR) is 144 cm³/mol. The lowest BCUT2D eigenvalue weighted by Gasteiger charge is -2.48. The van der Waals surface area contributed by atoms with Crippen molar-refractivity contribution in [2.24, 2.45) is 7.05 Å². The molecule has 3 heterocycles. The molecule has 1 saturated heterocycles. The van der Waals surface area contributed by atoms with E-state index in [1.165, 1.54) is 0 Å². The molecule has 1 N–H and O–H groups in total. The zero-order valence-electron chi connectivity index (χ0n) is 22.2. The van der Waals surface area contributed by atoms with Crippen LogP contribution in [-0.4, -0.2) is 55.4 Å². The Labute approximate surface area is 216 Å². The summed E-state index contributed by atoms with van der Waals surface area (Å²) in [5.41, 5.74) is 5.03. The maximum absolute atomic E-state index is 11.3. The lowest BCUT2D eigenvalue weighted by molar-refractivity contribution is -0.120. The van der Waals surface area contributed by atoms with Crippen LogP contribution in [0.5, 0.6) is 5.75 Å². The summed E-state index contributed by atoms with van der Waals surface area (Å²) < 4.78 is 7.33. The van der Waals surface area contributed by atoms with Gasteiger partial charge in [-0.1, -0.05) is 12.1 Å². The fourth-order valence-corrected chi connectivity index (χ4v) is 5.64. The van der Waals surface area contributed by atoms with Crippen LogP contribution >= 0.6 is 0 Å². The van der Waals surface area contributed by atoms with E-state index < -0.39 is 0 Å². The smallest absolute Gasteiger partial charge is 0.298 e. The molecule has 37 heavy (non-hydrogen) atoms. The van der Waals surface area contributed by atoms with Crippen molar-refractivity contribution < 1.29 is 9.53 Å². The average Bonchev–Trinajstić information content (AvgIpc) is 3.22. The highest BCUT2D eigenvalue weighted by Gasteiger charge is 2.39. The van der Waals surface area contributed by atoms with Crippen LogP contribution in [0, 0.1) is 0 Å². The zero-order chi connectivity index (χ0) is 26.4. The Morgan fingerprint density at radius 1 is 1.03 bits per heavy atom. The molecule has 4 aromatic rings. The van der Waals surface area contributed by atoms with Gasteiger partial charge in [0.15, 0.2) is 0 Å². The van der Waals surface area contributed by atoms with E-state index in [9.17, 15) is 4.79 Å². The number of piperidine rings is 1. The van der Waals surface area contributed by atoms with Crippen molar-refractivity contribution in [2.45, 2.75) is 57.7 Å². The molecule has 0 saturated carbocycles. The van der Waals surface area contributed by atoms with Crippen molar-refractivity contribution in [1.82, 2.24) is 30.0 Å². The highest BCUT2D eigenvalue weighted by molar-refractivity contribution is 5.83. The number of nitrogens with one attached hydrogen (secondary N) is 1. The molecule has 0 aliphatic carbocycles. The molecule has 0 unspecified atom stereocenters. The van der Waals surface area contributed by atoms with Gasteiger partial charge in [-0.15, -0.1) is 10.2 Å². The minimum atomic E-state index is 0.0119. The summed E-state index contributed by atoms with van der Waals surface area (Å²) in [6, 6.07) is 12.0. The molecule has 1 aliphatic rings. The Morgan fingerprint density at radius 3 is 2.41 bits per heavy atom. The molecule has 5 rings (SSSR count). The second-order valence-electron chi connectivity index (χ2n) is 11.2. The largest absolute Gasteiger partial charge is 0.428 e. The van der Waals surface area contributed by atoms with Gasteiger partial charge < -0.3 is 19.5 Å². The van der Waals surface area contributed by atoms with E-state index in [-0.39, 0.29) is 17.1 Å². The number of hydrogen-bond acceptors (Lipinski definition) is 8. The maximum Gasteiger partial charge on any atom is 0.298 e. The van der Waals surface area contributed by atoms with E-state index in [0.717, 1.165) is 35.0 Å². The first-order valence-corrected chi connectivity index (χ1v) is 12.4. The van der Waals surface area contributed by atoms with Gasteiger partial charge in [0.1, 0.15) is 11.4 Å². The van der Waals surface area contributed by atoms with Crippen molar-refractivity contribution >= 4 is 23.5 Å². The van der Waals surface area contributed by atoms with Gasteiger partial charge in [0.05, 0.1) is 23.6 Å². The first kappa shape index (κ1) is 24.8. The molecule has 0 atom stereocenters. The van der Waals surface area contributed by atoms with Gasteiger partial charge in [0.25, 0.3) is 6.47 Å². The van der Waals surface area contributed by atoms with Crippen molar-refractivity contribution in [2.75, 3.05) is 11.9 Å². The van der Waals surface area contributed by atoms with Crippen molar-refractivity contribution in [3.8, 4) is 28.1 Å². The summed E-state index contributed by atoms with van der Waals surface area (Å²) in [6.45, 7) is 9.33. The molecule has 1 aliphatic heterocycles. The third-order valence-corrected chi connectivity index (χ3v) is 7.07. The van der Waals surface area contributed by atoms with Gasteiger partial charge in [-0.2, -0.15) is 0 Å². The van der Waals surface area contributed by atoms with E-state index in [1.807, 2.05) is 55.1 Å². The number of imidazole rings is 1. The average molecular weight is 500 g/mol. The van der Waals surface area contributed by atoms with Gasteiger partial charge in [-0.25, -0.2) is 9.97 Å². The molecule has 9 nitrogen and oxygen atoms in total. The van der Waals surface area contributed by atoms with Gasteiger partial charge in [-0.05, 0) is 75.9 Å². The van der Waals surface area contributed by atoms with Crippen LogP contribution in [0.1, 0.15) is 40.5 Å². The first-order valence-electron chi connectivity index (χ1n) is 12.4. The summed E-state index contributed by atoms with van der Waals surface area (Å²) in [5, 5.41) is 12.6. The predicted octanol–water partition coefficient (Wildman–Crippen LogP) is 4.37. The highest BCUT2D eigenvalue weighted by atomic mass is 16.5. The van der Waals surface area contributed by atoms with Crippen LogP contribution in [0.2, 0.25) is 0 Å². The summed E-state index contributed by atoms with van der Waals surface area (Å²) in [5.74, 6) is 0.966. The number of carbonyl (C=O) groups excluding carboxylic acids is 1. The standard InChI is InChI=1S/C28H33N7O2/c1-27(2)13-20(14-28(3,4)33-27)35(6)26-29-15-23(31-32-26)21-9-7-19(12-25(21)37-17-36)18-8-10-24-22(11-18)30-16-34(24)5/h7-12,15-17,20,33H,13-14H2,1-6H3. The van der Waals surface area contributed by atoms with Crippen LogP contribution < -0.4 is 15.0 Å². The van der Waals surface area contributed by atoms with Crippen LogP contribution in [0.25, 0.3) is 33.4 Å². The van der Waals surface area contributed by atoms with Crippen LogP contribution in [-0.2, 0) is 11.8 Å². The summed E-state index contributed by atoms with van der Waals surface area (Å²) in [6.07, 6.45) is 5.42. The molecule has 0 spiro atoms. The fraction of sp³-hybridized carbons (Fsp3) is 0.393. The Hall–Kier alpha value is -3.85. The monoisotopic (exact) mass is 499 g/mol. The normalized spacial score (nSPS) is 17.0. The number of nitrogens with zero attached hydrogens (tertiary/aromatic N) is 6. The van der Waals surface area contributed by atoms with E-state index >= 15 is 0 Å². The number of aromatic nitrogens is 5. The fourth-order valence-electron chi connectivity index (χ4n) is 5.64. The molecule has 0 radical (unpaired) electrons. The minimum absolute atomic E-state index is 0.0119. The van der Waals surface area contributed by atoms with Crippen molar-refractivity contribution in [1.29, 1.82) is 0 Å². The molecule has 0 amide bonds.